The predicted molar refractivity (Wildman–Crippen MR) is 76.4 cm³/mol. The fourth-order valence-electron chi connectivity index (χ4n) is 1.96. The summed E-state index contributed by atoms with van der Waals surface area (Å²) in [6, 6.07) is 1.17. The monoisotopic (exact) mass is 332 g/mol. The number of aromatic nitrogens is 1. The van der Waals surface area contributed by atoms with E-state index in [0.29, 0.717) is 12.4 Å². The van der Waals surface area contributed by atoms with Crippen molar-refractivity contribution in [1.29, 1.82) is 0 Å². The van der Waals surface area contributed by atoms with Gasteiger partial charge in [0, 0.05) is 4.88 Å². The third-order valence-corrected chi connectivity index (χ3v) is 4.22. The summed E-state index contributed by atoms with van der Waals surface area (Å²) in [5.74, 6) is -2.63. The van der Waals surface area contributed by atoms with Gasteiger partial charge in [-0.25, -0.2) is 13.6 Å². The number of carbonyl (C=O) groups excluding carboxylic acids is 1. The molecule has 0 radical (unpaired) electrons. The smallest absolute Gasteiger partial charge is 0.329 e. The van der Waals surface area contributed by atoms with Gasteiger partial charge >= 0.3 is 5.97 Å². The van der Waals surface area contributed by atoms with Crippen LogP contribution in [0.15, 0.2) is 12.1 Å². The number of alkyl halides is 2. The van der Waals surface area contributed by atoms with Gasteiger partial charge in [0.05, 0.1) is 10.2 Å². The molecule has 120 valence electrons. The van der Waals surface area contributed by atoms with Crippen LogP contribution in [0.3, 0.4) is 0 Å². The third kappa shape index (κ3) is 2.95. The van der Waals surface area contributed by atoms with Crippen molar-refractivity contribution in [2.24, 2.45) is 0 Å². The molecule has 2 atom stereocenters. The van der Waals surface area contributed by atoms with Crippen LogP contribution in [0.5, 0.6) is 0 Å². The van der Waals surface area contributed by atoms with Crippen molar-refractivity contribution in [3.8, 4) is 0 Å². The minimum Gasteiger partial charge on any atom is -0.480 e. The number of aryl methyl sites for hydroxylation is 1. The molecule has 9 heteroatoms. The van der Waals surface area contributed by atoms with E-state index in [9.17, 15) is 23.5 Å². The number of thiophene rings is 1. The van der Waals surface area contributed by atoms with Gasteiger partial charge in [-0.2, -0.15) is 0 Å². The molecular formula is C13H14F2N2O4S. The Morgan fingerprint density at radius 3 is 2.55 bits per heavy atom. The minimum absolute atomic E-state index is 0.0394. The maximum atomic E-state index is 12.8. The Morgan fingerprint density at radius 2 is 2.05 bits per heavy atom. The van der Waals surface area contributed by atoms with Gasteiger partial charge in [0.2, 0.25) is 0 Å². The molecule has 2 unspecified atom stereocenters. The van der Waals surface area contributed by atoms with Crippen LogP contribution >= 0.6 is 11.3 Å². The molecular weight excluding hydrogens is 318 g/mol. The maximum Gasteiger partial charge on any atom is 0.329 e. The summed E-state index contributed by atoms with van der Waals surface area (Å²) in [7, 11) is 0. The van der Waals surface area contributed by atoms with E-state index in [1.54, 1.807) is 6.07 Å². The first-order chi connectivity index (χ1) is 10.1. The molecule has 4 N–H and O–H groups in total. The zero-order valence-electron chi connectivity index (χ0n) is 11.7. The number of hydrogen-bond acceptors (Lipinski definition) is 4. The molecule has 2 aromatic rings. The number of halogens is 2. The molecule has 0 saturated carbocycles. The SMILES string of the molecule is Cc1cc2[nH]c(C(=O)NC(C(=O)O)C(C)(O)C(F)F)cc2s1. The second-order valence-corrected chi connectivity index (χ2v) is 6.38. The van der Waals surface area contributed by atoms with Crippen LogP contribution in [0.25, 0.3) is 10.2 Å². The Bertz CT molecular complexity index is 691. The second-order valence-electron chi connectivity index (χ2n) is 5.09. The van der Waals surface area contributed by atoms with Gasteiger partial charge in [0.25, 0.3) is 12.3 Å². The Hall–Kier alpha value is -2.00. The van der Waals surface area contributed by atoms with E-state index in [1.165, 1.54) is 17.4 Å². The summed E-state index contributed by atoms with van der Waals surface area (Å²) in [6.07, 6.45) is -3.33. The number of nitrogens with one attached hydrogen (secondary N) is 2. The van der Waals surface area contributed by atoms with Crippen molar-refractivity contribution in [2.45, 2.75) is 31.9 Å². The fraction of sp³-hybridized carbons (Fsp3) is 0.385. The molecule has 6 nitrogen and oxygen atoms in total. The van der Waals surface area contributed by atoms with Crippen molar-refractivity contribution >= 4 is 33.4 Å². The Labute approximate surface area is 127 Å². The molecule has 0 bridgehead atoms. The molecule has 0 aliphatic carbocycles. The van der Waals surface area contributed by atoms with Crippen LogP contribution in [0.1, 0.15) is 22.3 Å². The highest BCUT2D eigenvalue weighted by Gasteiger charge is 2.46. The van der Waals surface area contributed by atoms with E-state index in [4.69, 9.17) is 5.11 Å². The average Bonchev–Trinajstić information content (AvgIpc) is 2.91. The van der Waals surface area contributed by atoms with Crippen molar-refractivity contribution in [3.63, 3.8) is 0 Å². The van der Waals surface area contributed by atoms with Crippen molar-refractivity contribution < 1.29 is 28.6 Å². The summed E-state index contributed by atoms with van der Waals surface area (Å²) in [4.78, 5) is 26.9. The molecule has 0 spiro atoms. The summed E-state index contributed by atoms with van der Waals surface area (Å²) in [5.41, 5.74) is -2.15. The lowest BCUT2D eigenvalue weighted by Crippen LogP contribution is -2.59. The van der Waals surface area contributed by atoms with E-state index in [2.05, 4.69) is 4.98 Å². The highest BCUT2D eigenvalue weighted by Crippen LogP contribution is 2.26. The van der Waals surface area contributed by atoms with Gasteiger partial charge in [-0.1, -0.05) is 0 Å². The molecule has 0 saturated heterocycles. The zero-order chi connectivity index (χ0) is 16.7. The van der Waals surface area contributed by atoms with Crippen LogP contribution in [-0.2, 0) is 4.79 Å². The number of aromatic amines is 1. The molecule has 2 aromatic heterocycles. The Balaban J connectivity index is 2.24. The third-order valence-electron chi connectivity index (χ3n) is 3.22. The number of rotatable bonds is 5. The highest BCUT2D eigenvalue weighted by molar-refractivity contribution is 7.19. The van der Waals surface area contributed by atoms with E-state index >= 15 is 0 Å². The first-order valence-electron chi connectivity index (χ1n) is 6.26. The van der Waals surface area contributed by atoms with Crippen molar-refractivity contribution in [2.75, 3.05) is 0 Å². The molecule has 2 heterocycles. The molecule has 1 amide bonds. The van der Waals surface area contributed by atoms with Crippen LogP contribution < -0.4 is 5.32 Å². The maximum absolute atomic E-state index is 12.8. The minimum atomic E-state index is -3.33. The first kappa shape index (κ1) is 16.4. The second kappa shape index (κ2) is 5.65. The number of hydrogen-bond donors (Lipinski definition) is 4. The number of aliphatic carboxylic acids is 1. The number of H-pyrrole nitrogens is 1. The van der Waals surface area contributed by atoms with E-state index in [0.717, 1.165) is 9.58 Å². The van der Waals surface area contributed by atoms with Gasteiger partial charge in [0.15, 0.2) is 11.6 Å². The van der Waals surface area contributed by atoms with E-state index in [-0.39, 0.29) is 5.69 Å². The quantitative estimate of drug-likeness (QED) is 0.670. The largest absolute Gasteiger partial charge is 0.480 e. The zero-order valence-corrected chi connectivity index (χ0v) is 12.5. The summed E-state index contributed by atoms with van der Waals surface area (Å²) in [6.45, 7) is 2.55. The van der Waals surface area contributed by atoms with Crippen molar-refractivity contribution in [3.05, 3.63) is 22.7 Å². The molecule has 0 aromatic carbocycles. The lowest BCUT2D eigenvalue weighted by atomic mass is 9.97. The van der Waals surface area contributed by atoms with Gasteiger partial charge < -0.3 is 20.5 Å². The van der Waals surface area contributed by atoms with Crippen LogP contribution in [0.2, 0.25) is 0 Å². The summed E-state index contributed by atoms with van der Waals surface area (Å²) in [5, 5.41) is 20.5. The summed E-state index contributed by atoms with van der Waals surface area (Å²) >= 11 is 1.43. The number of amides is 1. The number of fused-ring (bicyclic) bond motifs is 1. The Morgan fingerprint density at radius 1 is 1.41 bits per heavy atom. The lowest BCUT2D eigenvalue weighted by molar-refractivity contribution is -0.157. The molecule has 0 aliphatic heterocycles. The van der Waals surface area contributed by atoms with Crippen LogP contribution in [0.4, 0.5) is 8.78 Å². The number of carboxylic acids is 1. The molecule has 0 fully saturated rings. The normalized spacial score (nSPS) is 15.7. The van der Waals surface area contributed by atoms with E-state index < -0.39 is 29.9 Å². The van der Waals surface area contributed by atoms with Crippen LogP contribution in [-0.4, -0.2) is 45.1 Å². The molecule has 22 heavy (non-hydrogen) atoms. The first-order valence-corrected chi connectivity index (χ1v) is 7.08. The van der Waals surface area contributed by atoms with Crippen LogP contribution in [0, 0.1) is 6.92 Å². The van der Waals surface area contributed by atoms with Gasteiger partial charge in [-0.3, -0.25) is 4.79 Å². The standard InChI is InChI=1S/C13H14F2N2O4S/c1-5-3-6-8(22-5)4-7(16-6)10(18)17-9(11(19)20)13(2,21)12(14)15/h3-4,9,12,16,21H,1-2H3,(H,17,18)(H,19,20). The van der Waals surface area contributed by atoms with Gasteiger partial charge in [-0.15, -0.1) is 11.3 Å². The molecule has 2 rings (SSSR count). The number of carbonyl (C=O) groups is 2. The van der Waals surface area contributed by atoms with Gasteiger partial charge in [-0.05, 0) is 26.0 Å². The summed E-state index contributed by atoms with van der Waals surface area (Å²) < 4.78 is 26.3. The molecule has 0 aliphatic rings. The average molecular weight is 332 g/mol. The van der Waals surface area contributed by atoms with Crippen molar-refractivity contribution in [1.82, 2.24) is 10.3 Å². The lowest BCUT2D eigenvalue weighted by Gasteiger charge is -2.29. The Kier molecular flexibility index (Phi) is 4.21. The highest BCUT2D eigenvalue weighted by atomic mass is 32.1. The fourth-order valence-corrected chi connectivity index (χ4v) is 2.88. The topological polar surface area (TPSA) is 102 Å². The van der Waals surface area contributed by atoms with Gasteiger partial charge in [0.1, 0.15) is 5.69 Å². The number of aliphatic hydroxyl groups is 1. The number of carboxylic acid groups (broad SMARTS) is 1. The predicted octanol–water partition coefficient (Wildman–Crippen LogP) is 1.74. The van der Waals surface area contributed by atoms with E-state index in [1.807, 2.05) is 12.2 Å².